The Morgan fingerprint density at radius 3 is 2.59 bits per heavy atom. The molecule has 6 heteroatoms. The molecule has 150 valence electrons. The summed E-state index contributed by atoms with van der Waals surface area (Å²) in [7, 11) is 0. The van der Waals surface area contributed by atoms with Gasteiger partial charge in [-0.25, -0.2) is 0 Å². The zero-order chi connectivity index (χ0) is 19.8. The van der Waals surface area contributed by atoms with Crippen LogP contribution < -0.4 is 10.6 Å². The molecule has 0 unspecified atom stereocenters. The van der Waals surface area contributed by atoms with Crippen LogP contribution in [0, 0.1) is 11.8 Å². The van der Waals surface area contributed by atoms with E-state index in [0.29, 0.717) is 5.92 Å². The molecular weight excluding hydrogens is 362 g/mol. The van der Waals surface area contributed by atoms with Gasteiger partial charge >= 0.3 is 5.97 Å². The van der Waals surface area contributed by atoms with Gasteiger partial charge in [0.05, 0.1) is 22.7 Å². The first-order chi connectivity index (χ1) is 12.7. The minimum absolute atomic E-state index is 0.0221. The fraction of sp³-hybridized carbons (Fsp3) is 0.667. The number of carbonyl (C=O) groups excluding carboxylic acids is 1. The van der Waals surface area contributed by atoms with Crippen LogP contribution >= 0.6 is 11.6 Å². The van der Waals surface area contributed by atoms with E-state index < -0.39 is 0 Å². The highest BCUT2D eigenvalue weighted by Crippen LogP contribution is 2.32. The number of carbonyl (C=O) groups is 1. The monoisotopic (exact) mass is 393 g/mol. The lowest BCUT2D eigenvalue weighted by Gasteiger charge is -2.49. The Balaban J connectivity index is 1.62. The number of anilines is 1. The highest BCUT2D eigenvalue weighted by Gasteiger charge is 2.41. The summed E-state index contributed by atoms with van der Waals surface area (Å²) in [5.41, 5.74) is 7.51. The zero-order valence-electron chi connectivity index (χ0n) is 16.8. The maximum Gasteiger partial charge on any atom is 0.309 e. The van der Waals surface area contributed by atoms with Crippen molar-refractivity contribution < 1.29 is 9.53 Å². The third-order valence-electron chi connectivity index (χ3n) is 6.04. The molecule has 0 aromatic heterocycles. The van der Waals surface area contributed by atoms with Gasteiger partial charge in [-0.3, -0.25) is 9.69 Å². The van der Waals surface area contributed by atoms with E-state index in [1.54, 1.807) is 0 Å². The molecule has 0 bridgehead atoms. The predicted molar refractivity (Wildman–Crippen MR) is 110 cm³/mol. The van der Waals surface area contributed by atoms with Crippen molar-refractivity contribution in [2.24, 2.45) is 17.6 Å². The van der Waals surface area contributed by atoms with Crippen molar-refractivity contribution in [3.8, 4) is 0 Å². The topological polar surface area (TPSA) is 58.8 Å². The van der Waals surface area contributed by atoms with Gasteiger partial charge in [0, 0.05) is 31.7 Å². The van der Waals surface area contributed by atoms with Crippen LogP contribution in [0.5, 0.6) is 0 Å². The lowest BCUT2D eigenvalue weighted by atomic mass is 9.90. The molecule has 0 saturated carbocycles. The molecule has 1 aromatic rings. The van der Waals surface area contributed by atoms with E-state index in [-0.39, 0.29) is 29.6 Å². The molecule has 2 fully saturated rings. The van der Waals surface area contributed by atoms with E-state index in [9.17, 15) is 4.79 Å². The van der Waals surface area contributed by atoms with Gasteiger partial charge in [0.1, 0.15) is 6.10 Å². The quantitative estimate of drug-likeness (QED) is 0.778. The van der Waals surface area contributed by atoms with Crippen molar-refractivity contribution in [2.75, 3.05) is 31.1 Å². The summed E-state index contributed by atoms with van der Waals surface area (Å²) >= 11 is 6.39. The summed E-state index contributed by atoms with van der Waals surface area (Å²) < 4.78 is 5.59. The van der Waals surface area contributed by atoms with Crippen LogP contribution in [-0.4, -0.2) is 54.7 Å². The zero-order valence-corrected chi connectivity index (χ0v) is 17.6. The van der Waals surface area contributed by atoms with Crippen molar-refractivity contribution in [2.45, 2.75) is 51.8 Å². The summed E-state index contributed by atoms with van der Waals surface area (Å²) in [6.45, 7) is 12.0. The molecule has 0 amide bonds. The van der Waals surface area contributed by atoms with E-state index >= 15 is 0 Å². The normalized spacial score (nSPS) is 27.1. The Morgan fingerprint density at radius 2 is 2.00 bits per heavy atom. The summed E-state index contributed by atoms with van der Waals surface area (Å²) in [6, 6.07) is 7.83. The first-order valence-corrected chi connectivity index (χ1v) is 10.3. The Labute approximate surface area is 167 Å². The van der Waals surface area contributed by atoms with Gasteiger partial charge in [-0.2, -0.15) is 0 Å². The van der Waals surface area contributed by atoms with Crippen LogP contribution in [0.25, 0.3) is 0 Å². The number of hydrogen-bond acceptors (Lipinski definition) is 5. The Kier molecular flexibility index (Phi) is 6.04. The van der Waals surface area contributed by atoms with E-state index in [4.69, 9.17) is 22.1 Å². The third kappa shape index (κ3) is 4.41. The summed E-state index contributed by atoms with van der Waals surface area (Å²) in [5.74, 6) is 0.185. The highest BCUT2D eigenvalue weighted by molar-refractivity contribution is 6.33. The average molecular weight is 394 g/mol. The van der Waals surface area contributed by atoms with Crippen LogP contribution in [0.2, 0.25) is 5.02 Å². The highest BCUT2D eigenvalue weighted by atomic mass is 35.5. The predicted octanol–water partition coefficient (Wildman–Crippen LogP) is 3.16. The fourth-order valence-corrected chi connectivity index (χ4v) is 4.51. The number of rotatable bonds is 5. The van der Waals surface area contributed by atoms with Crippen molar-refractivity contribution in [3.63, 3.8) is 0 Å². The number of benzene rings is 1. The molecule has 3 rings (SSSR count). The number of hydrogen-bond donors (Lipinski definition) is 1. The second-order valence-electron chi connectivity index (χ2n) is 8.86. The maximum atomic E-state index is 12.1. The van der Waals surface area contributed by atoms with Crippen molar-refractivity contribution in [1.29, 1.82) is 0 Å². The largest absolute Gasteiger partial charge is 0.460 e. The molecule has 1 aromatic carbocycles. The summed E-state index contributed by atoms with van der Waals surface area (Å²) in [6.07, 6.45) is 0.555. The standard InChI is InChI=1S/C21H32ClN3O2/c1-14(2)15-11-19(27-20(15)26)17(23)12-25-10-9-24(13-21(25,3)4)18-8-6-5-7-16(18)22/h5-8,14-15,17,19H,9-13,23H2,1-4H3/t15-,17-,19-/m0/s1. The Hall–Kier alpha value is -1.30. The van der Waals surface area contributed by atoms with Crippen molar-refractivity contribution in [1.82, 2.24) is 4.90 Å². The average Bonchev–Trinajstić information content (AvgIpc) is 2.99. The number of para-hydroxylation sites is 1. The summed E-state index contributed by atoms with van der Waals surface area (Å²) in [5, 5.41) is 0.788. The number of cyclic esters (lactones) is 1. The molecule has 2 saturated heterocycles. The van der Waals surface area contributed by atoms with Gasteiger partial charge in [-0.1, -0.05) is 37.6 Å². The molecule has 0 aliphatic carbocycles. The van der Waals surface area contributed by atoms with Crippen LogP contribution in [-0.2, 0) is 9.53 Å². The molecular formula is C21H32ClN3O2. The lowest BCUT2D eigenvalue weighted by molar-refractivity contribution is -0.146. The van der Waals surface area contributed by atoms with Crippen LogP contribution in [0.1, 0.15) is 34.1 Å². The number of ether oxygens (including phenoxy) is 1. The van der Waals surface area contributed by atoms with E-state index in [0.717, 1.165) is 43.3 Å². The van der Waals surface area contributed by atoms with Crippen molar-refractivity contribution in [3.05, 3.63) is 29.3 Å². The first kappa shape index (κ1) is 20.4. The van der Waals surface area contributed by atoms with Crippen LogP contribution in [0.3, 0.4) is 0 Å². The number of piperazine rings is 1. The van der Waals surface area contributed by atoms with Gasteiger partial charge in [-0.05, 0) is 38.3 Å². The molecule has 2 aliphatic rings. The second kappa shape index (κ2) is 7.98. The van der Waals surface area contributed by atoms with E-state index in [1.807, 2.05) is 18.2 Å². The van der Waals surface area contributed by atoms with Gasteiger partial charge in [0.2, 0.25) is 0 Å². The molecule has 2 heterocycles. The lowest BCUT2D eigenvalue weighted by Crippen LogP contribution is -2.62. The number of nitrogens with zero attached hydrogens (tertiary/aromatic N) is 2. The smallest absolute Gasteiger partial charge is 0.309 e. The number of halogens is 1. The second-order valence-corrected chi connectivity index (χ2v) is 9.26. The van der Waals surface area contributed by atoms with Gasteiger partial charge in [0.25, 0.3) is 0 Å². The van der Waals surface area contributed by atoms with Gasteiger partial charge in [0.15, 0.2) is 0 Å². The number of nitrogens with two attached hydrogens (primary N) is 1. The molecule has 0 radical (unpaired) electrons. The minimum Gasteiger partial charge on any atom is -0.460 e. The Morgan fingerprint density at radius 1 is 1.30 bits per heavy atom. The van der Waals surface area contributed by atoms with Gasteiger partial charge < -0.3 is 15.4 Å². The van der Waals surface area contributed by atoms with Gasteiger partial charge in [-0.15, -0.1) is 0 Å². The molecule has 2 N–H and O–H groups in total. The minimum atomic E-state index is -0.178. The van der Waals surface area contributed by atoms with Crippen LogP contribution in [0.15, 0.2) is 24.3 Å². The van der Waals surface area contributed by atoms with E-state index in [1.165, 1.54) is 0 Å². The molecule has 3 atom stereocenters. The van der Waals surface area contributed by atoms with E-state index in [2.05, 4.69) is 43.6 Å². The summed E-state index contributed by atoms with van der Waals surface area (Å²) in [4.78, 5) is 16.8. The molecule has 5 nitrogen and oxygen atoms in total. The molecule has 27 heavy (non-hydrogen) atoms. The first-order valence-electron chi connectivity index (χ1n) is 9.89. The Bertz CT molecular complexity index is 679. The number of esters is 1. The third-order valence-corrected chi connectivity index (χ3v) is 6.36. The van der Waals surface area contributed by atoms with Crippen molar-refractivity contribution >= 4 is 23.3 Å². The molecule has 2 aliphatic heterocycles. The maximum absolute atomic E-state index is 12.1. The van der Waals surface area contributed by atoms with Crippen LogP contribution in [0.4, 0.5) is 5.69 Å². The fourth-order valence-electron chi connectivity index (χ4n) is 4.25. The molecule has 0 spiro atoms. The SMILES string of the molecule is CC(C)[C@@H]1C[C@@H]([C@@H](N)CN2CCN(c3ccccc3Cl)CC2(C)C)OC1=O.